The number of likely N-dealkylation sites (tertiary alicyclic amines) is 1. The number of carbonyl (C=O) groups is 6. The number of fused-ring (bicyclic) bond motifs is 4. The maximum Gasteiger partial charge on any atom is 0.410 e. The topological polar surface area (TPSA) is 341 Å². The fourth-order valence-electron chi connectivity index (χ4n) is 20.1. The molecule has 7 heterocycles. The summed E-state index contributed by atoms with van der Waals surface area (Å²) in [7, 11) is -18.5. The Kier molecular flexibility index (Phi) is 38.6. The Morgan fingerprint density at radius 2 is 0.693 bits per heavy atom. The molecule has 1 N–H and O–H groups in total. The van der Waals surface area contributed by atoms with E-state index >= 15 is 0 Å². The first-order chi connectivity index (χ1) is 71.0. The minimum absolute atomic E-state index is 0.00754. The third kappa shape index (κ3) is 29.0. The molecule has 0 bridgehead atoms. The first-order valence-corrected chi connectivity index (χ1v) is 60.8. The van der Waals surface area contributed by atoms with Crippen LogP contribution in [0, 0.1) is 40.9 Å². The summed E-state index contributed by atoms with van der Waals surface area (Å²) in [6.45, 7) is 40.8. The zero-order valence-electron chi connectivity index (χ0n) is 90.1. The van der Waals surface area contributed by atoms with Crippen molar-refractivity contribution in [3.05, 3.63) is 250 Å². The minimum atomic E-state index is -3.91. The molecule has 0 saturated carbocycles. The third-order valence-corrected chi connectivity index (χ3v) is 37.7. The van der Waals surface area contributed by atoms with Crippen LogP contribution in [-0.4, -0.2) is 209 Å². The van der Waals surface area contributed by atoms with Crippen LogP contribution in [0.15, 0.2) is 214 Å². The molecule has 9 aromatic carbocycles. The Bertz CT molecular complexity index is 6850. The number of benzene rings is 9. The molecule has 0 unspecified atom stereocenters. The summed E-state index contributed by atoms with van der Waals surface area (Å²) in [5.41, 5.74) is 12.9. The molecule has 33 heteroatoms. The van der Waals surface area contributed by atoms with Gasteiger partial charge in [-0.2, -0.15) is 0 Å². The molecule has 0 aromatic heterocycles. The molecule has 16 rings (SSSR count). The number of ether oxygens (including phenoxy) is 2. The van der Waals surface area contributed by atoms with Crippen LogP contribution in [0.4, 0.5) is 50.3 Å². The monoisotopic (exact) mass is 2150 g/mol. The molecule has 7 aliphatic rings. The number of nitrogens with zero attached hydrogens (tertiary/aromatic N) is 9. The van der Waals surface area contributed by atoms with Gasteiger partial charge in [-0.05, 0) is 275 Å². The van der Waals surface area contributed by atoms with Gasteiger partial charge in [-0.25, -0.2) is 46.9 Å². The highest BCUT2D eigenvalue weighted by molar-refractivity contribution is 7.94. The second kappa shape index (κ2) is 50.0. The first kappa shape index (κ1) is 116. The second-order valence-electron chi connectivity index (χ2n) is 43.7. The van der Waals surface area contributed by atoms with Crippen molar-refractivity contribution in [1.29, 1.82) is 0 Å². The van der Waals surface area contributed by atoms with Crippen molar-refractivity contribution in [2.75, 3.05) is 153 Å². The molecule has 28 nitrogen and oxygen atoms in total. The van der Waals surface area contributed by atoms with Crippen LogP contribution in [-0.2, 0) is 91.6 Å². The van der Waals surface area contributed by atoms with E-state index in [4.69, 9.17) is 14.6 Å². The molecular weight excluding hydrogens is 2000 g/mol. The number of anilines is 8. The zero-order valence-corrected chi connectivity index (χ0v) is 94.2. The smallest absolute Gasteiger partial charge is 0.410 e. The Hall–Kier alpha value is -11.3. The molecular formula is C117H153N9O19S5. The van der Waals surface area contributed by atoms with E-state index in [1.54, 1.807) is 71.6 Å². The molecule has 150 heavy (non-hydrogen) atoms. The molecule has 7 aliphatic heterocycles. The van der Waals surface area contributed by atoms with E-state index in [1.165, 1.54) is 29.4 Å². The van der Waals surface area contributed by atoms with Crippen LogP contribution in [0.2, 0.25) is 0 Å². The lowest BCUT2D eigenvalue weighted by atomic mass is 9.81. The molecule has 1 amide bonds. The van der Waals surface area contributed by atoms with Gasteiger partial charge in [-0.3, -0.25) is 41.2 Å². The quantitative estimate of drug-likeness (QED) is 0.0366. The summed E-state index contributed by atoms with van der Waals surface area (Å²) >= 11 is 0. The number of aliphatic hydroxyl groups is 1. The maximum atomic E-state index is 13.9. The van der Waals surface area contributed by atoms with Crippen LogP contribution in [0.25, 0.3) is 0 Å². The highest BCUT2D eigenvalue weighted by atomic mass is 32.2. The fraction of sp³-hybridized carbons (Fsp3) is 0.487. The lowest BCUT2D eigenvalue weighted by Gasteiger charge is -2.41. The molecule has 0 aliphatic carbocycles. The average Bonchev–Trinajstić information content (AvgIpc) is 0.806. The van der Waals surface area contributed by atoms with Gasteiger partial charge in [0.05, 0.1) is 53.8 Å². The predicted molar refractivity (Wildman–Crippen MR) is 598 cm³/mol. The number of carbonyl (C=O) groups excluding carboxylic acids is 6. The third-order valence-electron chi connectivity index (χ3n) is 28.8. The molecule has 810 valence electrons. The van der Waals surface area contributed by atoms with Crippen LogP contribution < -0.4 is 36.8 Å². The van der Waals surface area contributed by atoms with Crippen LogP contribution in [0.5, 0.6) is 0 Å². The van der Waals surface area contributed by atoms with Gasteiger partial charge < -0.3 is 39.1 Å². The van der Waals surface area contributed by atoms with Gasteiger partial charge in [-0.15, -0.1) is 0 Å². The second-order valence-corrected chi connectivity index (χ2v) is 53.4. The number of hydrogen-bond donors (Lipinski definition) is 1. The highest BCUT2D eigenvalue weighted by Crippen LogP contribution is 2.43. The number of hydrogen-bond acceptors (Lipinski definition) is 23. The molecule has 0 atom stereocenters. The SMILES string of the molecule is CCc1ccc(N(CC(C)C)S(=O)(=O)c2ccc3c(c2)C(=O)CCN3CC2(C)CCOCC2)cc1.CCc1ccc(N(CC(C)C)S(=O)(=O)c2ccc3c(c2)C(=O)CCN3CC2CCN(C(=O)OC(C)(C)C)CC2)cc1.CCc1ccc(N(CC(C)C)S(=O)(=O)c2ccc3c(c2)C(=O)CCN3CC2CCS(=O)(=O)CC2)cc1.CCc1ccc(N(CC(C)C)S(=O)(=O)c2ccc3c(c2)C(=O)CCN3Cc2ccc(C(=O)CO)cc2)cc1. The standard InChI is InChI=1S/C32H45N3O5S.C30H34N2O5S.C28H38N2O4S.C27H36N2O5S2/c1-7-24-8-10-26(11-9-24)35(21-23(2)3)41(38,39)27-12-13-29-28(20-27)30(36)16-19-34(29)22-25-14-17-33(18-15-25)31(37)40-32(4,5)6;1-4-22-7-11-25(12-8-22)32(18-21(2)3)38(36,37)26-13-14-28-27(17-26)29(34)15-16-31(28)19-23-5-9-24(10-6-23)30(35)20-33;1-5-22-6-8-23(9-7-22)30(19-21(2)3)35(32,33)24-10-11-26-25(18-24)27(31)12-15-29(26)20-28(4)13-16-34-17-14-28;1-4-21-5-7-23(8-6-21)29(18-20(2)3)36(33,34)24-9-10-26-25(17-24)27(30)11-14-28(26)19-22-12-15-35(31,32)16-13-22/h8-13,20,23,25H,7,14-19,21-22H2,1-6H3;5-14,17,21,33H,4,15-16,18-20H2,1-3H3;6-11,18,21H,5,12-17,19-20H2,1-4H3;5-10,17,20,22H,4,11-16,18-19H2,1-3H3. The van der Waals surface area contributed by atoms with Crippen molar-refractivity contribution in [3.8, 4) is 0 Å². The van der Waals surface area contributed by atoms with E-state index < -0.39 is 62.1 Å². The number of rotatable bonds is 34. The number of sulfone groups is 1. The van der Waals surface area contributed by atoms with E-state index in [0.717, 1.165) is 123 Å². The minimum Gasteiger partial charge on any atom is -0.444 e. The summed E-state index contributed by atoms with van der Waals surface area (Å²) < 4.78 is 151. The summed E-state index contributed by atoms with van der Waals surface area (Å²) in [4.78, 5) is 86.8. The van der Waals surface area contributed by atoms with Gasteiger partial charge >= 0.3 is 6.09 Å². The Morgan fingerprint density at radius 3 is 0.993 bits per heavy atom. The summed E-state index contributed by atoms with van der Waals surface area (Å²) in [6.07, 6.45) is 9.51. The molecule has 3 fully saturated rings. The number of amides is 1. The molecule has 0 radical (unpaired) electrons. The van der Waals surface area contributed by atoms with Crippen molar-refractivity contribution >= 4 is 130 Å². The summed E-state index contributed by atoms with van der Waals surface area (Å²) in [5, 5.41) is 9.06. The number of aryl methyl sites for hydroxylation is 4. The van der Waals surface area contributed by atoms with Crippen molar-refractivity contribution in [1.82, 2.24) is 4.90 Å². The van der Waals surface area contributed by atoms with Crippen molar-refractivity contribution < 1.29 is 85.4 Å². The van der Waals surface area contributed by atoms with Gasteiger partial charge in [0, 0.05) is 181 Å². The van der Waals surface area contributed by atoms with Gasteiger partial charge in [0.15, 0.2) is 28.9 Å². The van der Waals surface area contributed by atoms with Crippen molar-refractivity contribution in [2.45, 2.75) is 232 Å². The number of piperidine rings is 1. The van der Waals surface area contributed by atoms with E-state index in [0.29, 0.717) is 173 Å². The number of ketones is 5. The van der Waals surface area contributed by atoms with Gasteiger partial charge in [0.2, 0.25) is 0 Å². The maximum absolute atomic E-state index is 13.9. The van der Waals surface area contributed by atoms with Crippen molar-refractivity contribution in [3.63, 3.8) is 0 Å². The normalized spacial score (nSPS) is 16.6. The summed E-state index contributed by atoms with van der Waals surface area (Å²) in [6, 6.07) is 57.2. The Labute approximate surface area is 890 Å². The van der Waals surface area contributed by atoms with Crippen LogP contribution in [0.1, 0.15) is 255 Å². The Balaban J connectivity index is 0.000000167. The van der Waals surface area contributed by atoms with Gasteiger partial charge in [-0.1, -0.05) is 163 Å². The van der Waals surface area contributed by atoms with Gasteiger partial charge in [0.1, 0.15) is 22.0 Å². The number of Topliss-reactive ketones (excluding diaryl/α,β-unsaturated/α-hetero) is 5. The largest absolute Gasteiger partial charge is 0.444 e. The van der Waals surface area contributed by atoms with E-state index in [2.05, 4.69) is 49.3 Å². The molecule has 9 aromatic rings. The first-order valence-electron chi connectivity index (χ1n) is 53.2. The summed E-state index contributed by atoms with van der Waals surface area (Å²) in [5.74, 6) is 0.986. The van der Waals surface area contributed by atoms with Gasteiger partial charge in [0.25, 0.3) is 40.1 Å². The number of aliphatic hydroxyl groups excluding tert-OH is 1. The van der Waals surface area contributed by atoms with E-state index in [1.807, 2.05) is 196 Å². The van der Waals surface area contributed by atoms with Crippen LogP contribution >= 0.6 is 0 Å². The zero-order chi connectivity index (χ0) is 109. The highest BCUT2D eigenvalue weighted by Gasteiger charge is 2.41. The van der Waals surface area contributed by atoms with Crippen LogP contribution in [0.3, 0.4) is 0 Å². The molecule has 3 saturated heterocycles. The fourth-order valence-corrected chi connectivity index (χ4v) is 28.3. The Morgan fingerprint density at radius 1 is 0.407 bits per heavy atom. The predicted octanol–water partition coefficient (Wildman–Crippen LogP) is 20.6. The number of sulfonamides is 4. The lowest BCUT2D eigenvalue weighted by Crippen LogP contribution is -2.44. The average molecular weight is 2150 g/mol. The molecule has 0 spiro atoms. The van der Waals surface area contributed by atoms with E-state index in [9.17, 15) is 70.9 Å². The lowest BCUT2D eigenvalue weighted by molar-refractivity contribution is 0.0185. The van der Waals surface area contributed by atoms with E-state index in [-0.39, 0.29) is 108 Å². The van der Waals surface area contributed by atoms with Crippen molar-refractivity contribution in [2.24, 2.45) is 40.9 Å².